The average molecular weight is 222 g/mol. The van der Waals surface area contributed by atoms with Crippen LogP contribution in [0.5, 0.6) is 0 Å². The van der Waals surface area contributed by atoms with Crippen LogP contribution >= 0.6 is 0 Å². The van der Waals surface area contributed by atoms with Gasteiger partial charge in [0, 0.05) is 23.3 Å². The largest absolute Gasteiger partial charge is 0.239 e. The van der Waals surface area contributed by atoms with Gasteiger partial charge in [-0.2, -0.15) is 0 Å². The van der Waals surface area contributed by atoms with Gasteiger partial charge in [-0.05, 0) is 23.6 Å². The molecule has 82 valence electrons. The van der Waals surface area contributed by atoms with Gasteiger partial charge < -0.3 is 0 Å². The van der Waals surface area contributed by atoms with Crippen molar-refractivity contribution in [2.24, 2.45) is 5.11 Å². The van der Waals surface area contributed by atoms with Gasteiger partial charge in [0.2, 0.25) is 0 Å². The molecule has 0 aliphatic rings. The van der Waals surface area contributed by atoms with E-state index >= 15 is 0 Å². The summed E-state index contributed by atoms with van der Waals surface area (Å²) in [5, 5.41) is 4.51. The van der Waals surface area contributed by atoms with Crippen LogP contribution in [0.25, 0.3) is 21.3 Å². The maximum Gasteiger partial charge on any atom is 0.113 e. The Labute approximate surface area is 98.9 Å². The number of para-hydroxylation sites is 1. The summed E-state index contributed by atoms with van der Waals surface area (Å²) in [7, 11) is 0. The third-order valence-corrected chi connectivity index (χ3v) is 2.21. The molecule has 2 rings (SSSR count). The highest BCUT2D eigenvalue weighted by atomic mass is 15.1. The lowest BCUT2D eigenvalue weighted by molar-refractivity contribution is 1.01. The first-order chi connectivity index (χ1) is 8.40. The lowest BCUT2D eigenvalue weighted by atomic mass is 10.2. The van der Waals surface area contributed by atoms with E-state index in [1.165, 1.54) is 0 Å². The normalized spacial score (nSPS) is 9.18. The van der Waals surface area contributed by atoms with Gasteiger partial charge in [0.25, 0.3) is 0 Å². The van der Waals surface area contributed by atoms with Crippen molar-refractivity contribution < 1.29 is 0 Å². The molecular weight excluding hydrogens is 212 g/mol. The van der Waals surface area contributed by atoms with Crippen molar-refractivity contribution in [3.05, 3.63) is 52.5 Å². The molecule has 0 bridgehead atoms. The zero-order chi connectivity index (χ0) is 11.9. The van der Waals surface area contributed by atoms with Crippen molar-refractivity contribution in [1.29, 1.82) is 0 Å². The summed E-state index contributed by atoms with van der Waals surface area (Å²) in [5.74, 6) is 5.88. The Morgan fingerprint density at radius 2 is 2.12 bits per heavy atom. The van der Waals surface area contributed by atoms with Crippen molar-refractivity contribution in [1.82, 2.24) is 4.98 Å². The van der Waals surface area contributed by atoms with E-state index in [-0.39, 0.29) is 0 Å². The second-order valence-corrected chi connectivity index (χ2v) is 3.40. The minimum absolute atomic E-state index is 0.400. The van der Waals surface area contributed by atoms with Gasteiger partial charge in [-0.1, -0.05) is 35.3 Å². The summed E-state index contributed by atoms with van der Waals surface area (Å²) in [6, 6.07) is 11.8. The van der Waals surface area contributed by atoms with E-state index < -0.39 is 0 Å². The summed E-state index contributed by atoms with van der Waals surface area (Å²) in [5.41, 5.74) is 9.78. The number of aromatic nitrogens is 1. The SMILES string of the molecule is [N-]=[N+]=NCCC#Cc1ccc2ccccc2n1. The van der Waals surface area contributed by atoms with Crippen LogP contribution in [0.15, 0.2) is 41.5 Å². The Kier molecular flexibility index (Phi) is 3.59. The predicted octanol–water partition coefficient (Wildman–Crippen LogP) is 3.29. The number of rotatable bonds is 2. The van der Waals surface area contributed by atoms with Gasteiger partial charge in [-0.15, -0.1) is 0 Å². The molecule has 1 aromatic heterocycles. The highest BCUT2D eigenvalue weighted by Crippen LogP contribution is 2.10. The smallest absolute Gasteiger partial charge is 0.113 e. The van der Waals surface area contributed by atoms with E-state index in [4.69, 9.17) is 5.53 Å². The van der Waals surface area contributed by atoms with Gasteiger partial charge in [0.05, 0.1) is 5.52 Å². The third-order valence-electron chi connectivity index (χ3n) is 2.21. The van der Waals surface area contributed by atoms with Crippen molar-refractivity contribution in [2.45, 2.75) is 6.42 Å². The maximum atomic E-state index is 8.10. The molecule has 0 fully saturated rings. The molecule has 0 spiro atoms. The molecule has 0 N–H and O–H groups in total. The van der Waals surface area contributed by atoms with Crippen LogP contribution < -0.4 is 0 Å². The molecule has 4 nitrogen and oxygen atoms in total. The Morgan fingerprint density at radius 3 is 3.00 bits per heavy atom. The van der Waals surface area contributed by atoms with Crippen LogP contribution in [0.2, 0.25) is 0 Å². The summed E-state index contributed by atoms with van der Waals surface area (Å²) < 4.78 is 0. The Morgan fingerprint density at radius 1 is 1.24 bits per heavy atom. The number of benzene rings is 1. The van der Waals surface area contributed by atoms with E-state index in [0.29, 0.717) is 13.0 Å². The van der Waals surface area contributed by atoms with Crippen molar-refractivity contribution in [3.63, 3.8) is 0 Å². The standard InChI is InChI=1S/C13H10N4/c14-17-15-10-4-3-6-12-9-8-11-5-1-2-7-13(11)16-12/h1-2,5,7-9H,4,10H2. The van der Waals surface area contributed by atoms with Crippen molar-refractivity contribution in [2.75, 3.05) is 6.54 Å². The molecular formula is C13H10N4. The zero-order valence-corrected chi connectivity index (χ0v) is 9.17. The predicted molar refractivity (Wildman–Crippen MR) is 67.3 cm³/mol. The Balaban J connectivity index is 2.16. The number of nitrogens with zero attached hydrogens (tertiary/aromatic N) is 4. The molecule has 0 amide bonds. The fraction of sp³-hybridized carbons (Fsp3) is 0.154. The summed E-state index contributed by atoms with van der Waals surface area (Å²) in [4.78, 5) is 7.08. The minimum Gasteiger partial charge on any atom is -0.239 e. The van der Waals surface area contributed by atoms with Gasteiger partial charge in [-0.3, -0.25) is 0 Å². The first kappa shape index (κ1) is 11.0. The fourth-order valence-corrected chi connectivity index (χ4v) is 1.44. The number of pyridine rings is 1. The van der Waals surface area contributed by atoms with E-state index in [1.807, 2.05) is 36.4 Å². The summed E-state index contributed by atoms with van der Waals surface area (Å²) in [6.07, 6.45) is 0.554. The van der Waals surface area contributed by atoms with E-state index in [0.717, 1.165) is 16.6 Å². The number of hydrogen-bond donors (Lipinski definition) is 0. The number of azide groups is 1. The lowest BCUT2D eigenvalue weighted by Crippen LogP contribution is -1.84. The number of hydrogen-bond acceptors (Lipinski definition) is 2. The molecule has 0 atom stereocenters. The van der Waals surface area contributed by atoms with Gasteiger partial charge in [-0.25, -0.2) is 4.98 Å². The van der Waals surface area contributed by atoms with Crippen LogP contribution in [0.1, 0.15) is 12.1 Å². The fourth-order valence-electron chi connectivity index (χ4n) is 1.44. The molecule has 0 saturated carbocycles. The van der Waals surface area contributed by atoms with Crippen LogP contribution in [0.3, 0.4) is 0 Å². The summed E-state index contributed by atoms with van der Waals surface area (Å²) in [6.45, 7) is 0.400. The third kappa shape index (κ3) is 2.97. The van der Waals surface area contributed by atoms with E-state index in [9.17, 15) is 0 Å². The van der Waals surface area contributed by atoms with Crippen LogP contribution in [-0.2, 0) is 0 Å². The highest BCUT2D eigenvalue weighted by Gasteiger charge is 1.93. The number of fused-ring (bicyclic) bond motifs is 1. The second-order valence-electron chi connectivity index (χ2n) is 3.40. The van der Waals surface area contributed by atoms with E-state index in [1.54, 1.807) is 0 Å². The monoisotopic (exact) mass is 222 g/mol. The molecule has 0 aliphatic carbocycles. The maximum absolute atomic E-state index is 8.10. The topological polar surface area (TPSA) is 61.7 Å². The molecule has 0 aliphatic heterocycles. The van der Waals surface area contributed by atoms with Crippen molar-refractivity contribution in [3.8, 4) is 11.8 Å². The molecule has 2 aromatic rings. The van der Waals surface area contributed by atoms with Gasteiger partial charge in [0.15, 0.2) is 0 Å². The lowest BCUT2D eigenvalue weighted by Gasteiger charge is -1.96. The van der Waals surface area contributed by atoms with Crippen LogP contribution in [-0.4, -0.2) is 11.5 Å². The van der Waals surface area contributed by atoms with Crippen molar-refractivity contribution >= 4 is 10.9 Å². The minimum atomic E-state index is 0.400. The Hall–Kier alpha value is -2.50. The first-order valence-electron chi connectivity index (χ1n) is 5.26. The average Bonchev–Trinajstić information content (AvgIpc) is 2.38. The molecule has 0 unspecified atom stereocenters. The second kappa shape index (κ2) is 5.55. The quantitative estimate of drug-likeness (QED) is 0.253. The summed E-state index contributed by atoms with van der Waals surface area (Å²) >= 11 is 0. The zero-order valence-electron chi connectivity index (χ0n) is 9.17. The molecule has 0 saturated heterocycles. The highest BCUT2D eigenvalue weighted by molar-refractivity contribution is 5.78. The molecule has 17 heavy (non-hydrogen) atoms. The molecule has 1 aromatic carbocycles. The Bertz CT molecular complexity index is 630. The van der Waals surface area contributed by atoms with Crippen LogP contribution in [0, 0.1) is 11.8 Å². The molecule has 0 radical (unpaired) electrons. The van der Waals surface area contributed by atoms with E-state index in [2.05, 4.69) is 26.9 Å². The molecule has 4 heteroatoms. The first-order valence-corrected chi connectivity index (χ1v) is 5.26. The molecule has 1 heterocycles. The van der Waals surface area contributed by atoms with Crippen LogP contribution in [0.4, 0.5) is 0 Å². The van der Waals surface area contributed by atoms with Gasteiger partial charge >= 0.3 is 0 Å². The van der Waals surface area contributed by atoms with Gasteiger partial charge in [0.1, 0.15) is 5.69 Å².